The van der Waals surface area contributed by atoms with Crippen LogP contribution in [0.3, 0.4) is 0 Å². The maximum Gasteiger partial charge on any atom is 0.240 e. The first-order valence-electron chi connectivity index (χ1n) is 5.62. The molecule has 0 aliphatic carbocycles. The fourth-order valence-corrected chi connectivity index (χ4v) is 1.98. The van der Waals surface area contributed by atoms with Crippen molar-refractivity contribution in [3.05, 3.63) is 0 Å². The molecule has 1 N–H and O–H groups in total. The van der Waals surface area contributed by atoms with Crippen molar-refractivity contribution in [2.75, 3.05) is 6.54 Å². The summed E-state index contributed by atoms with van der Waals surface area (Å²) in [6, 6.07) is 0.00491. The summed E-state index contributed by atoms with van der Waals surface area (Å²) in [5.41, 5.74) is 0. The Morgan fingerprint density at radius 1 is 1.50 bits per heavy atom. The third-order valence-electron chi connectivity index (χ3n) is 2.60. The fourth-order valence-electron chi connectivity index (χ4n) is 1.98. The van der Waals surface area contributed by atoms with Gasteiger partial charge in [0.15, 0.2) is 0 Å². The summed E-state index contributed by atoms with van der Waals surface area (Å²) >= 11 is 0. The Bertz CT molecular complexity index is 203. The van der Waals surface area contributed by atoms with Crippen LogP contribution in [0.15, 0.2) is 0 Å². The molecule has 1 fully saturated rings. The Kier molecular flexibility index (Phi) is 3.93. The van der Waals surface area contributed by atoms with Crippen molar-refractivity contribution in [1.29, 1.82) is 0 Å². The lowest BCUT2D eigenvalue weighted by Gasteiger charge is -2.25. The summed E-state index contributed by atoms with van der Waals surface area (Å²) in [7, 11) is 0. The molecule has 1 saturated heterocycles. The van der Waals surface area contributed by atoms with Crippen LogP contribution < -0.4 is 5.32 Å². The first-order valence-corrected chi connectivity index (χ1v) is 5.62. The van der Waals surface area contributed by atoms with E-state index in [2.05, 4.69) is 26.1 Å². The Morgan fingerprint density at radius 3 is 2.64 bits per heavy atom. The second-order valence-electron chi connectivity index (χ2n) is 4.58. The summed E-state index contributed by atoms with van der Waals surface area (Å²) in [6.45, 7) is 9.29. The number of hydrogen-bond acceptors (Lipinski definition) is 2. The average molecular weight is 198 g/mol. The number of amides is 1. The van der Waals surface area contributed by atoms with Crippen molar-refractivity contribution in [3.8, 4) is 0 Å². The maximum atomic E-state index is 11.8. The molecule has 0 bridgehead atoms. The highest BCUT2D eigenvalue weighted by molar-refractivity contribution is 5.83. The van der Waals surface area contributed by atoms with Crippen LogP contribution in [0.2, 0.25) is 0 Å². The molecule has 2 unspecified atom stereocenters. The van der Waals surface area contributed by atoms with E-state index in [0.717, 1.165) is 19.4 Å². The molecule has 82 valence electrons. The van der Waals surface area contributed by atoms with Gasteiger partial charge >= 0.3 is 0 Å². The van der Waals surface area contributed by atoms with E-state index in [9.17, 15) is 4.79 Å². The molecule has 1 aliphatic heterocycles. The summed E-state index contributed by atoms with van der Waals surface area (Å²) in [5.74, 6) is 0.808. The van der Waals surface area contributed by atoms with Crippen molar-refractivity contribution in [3.63, 3.8) is 0 Å². The molecule has 0 aromatic carbocycles. The van der Waals surface area contributed by atoms with Gasteiger partial charge in [0.1, 0.15) is 0 Å². The van der Waals surface area contributed by atoms with Gasteiger partial charge in [-0.2, -0.15) is 0 Å². The van der Waals surface area contributed by atoms with E-state index in [1.54, 1.807) is 0 Å². The van der Waals surface area contributed by atoms with E-state index in [1.165, 1.54) is 0 Å². The Morgan fingerprint density at radius 2 is 2.14 bits per heavy atom. The van der Waals surface area contributed by atoms with Gasteiger partial charge in [-0.25, -0.2) is 0 Å². The Hall–Kier alpha value is -0.570. The zero-order valence-corrected chi connectivity index (χ0v) is 9.71. The minimum atomic E-state index is 0.00491. The van der Waals surface area contributed by atoms with Gasteiger partial charge in [0.2, 0.25) is 5.91 Å². The smallest absolute Gasteiger partial charge is 0.240 e. The lowest BCUT2D eigenvalue weighted by atomic mass is 10.2. The van der Waals surface area contributed by atoms with Gasteiger partial charge in [0, 0.05) is 6.54 Å². The second kappa shape index (κ2) is 4.78. The predicted octanol–water partition coefficient (Wildman–Crippen LogP) is 1.59. The van der Waals surface area contributed by atoms with Gasteiger partial charge in [0.05, 0.1) is 12.2 Å². The van der Waals surface area contributed by atoms with Crippen LogP contribution in [-0.2, 0) is 4.79 Å². The first kappa shape index (κ1) is 11.5. The van der Waals surface area contributed by atoms with Gasteiger partial charge < -0.3 is 4.90 Å². The van der Waals surface area contributed by atoms with Gasteiger partial charge in [-0.15, -0.1) is 0 Å². The topological polar surface area (TPSA) is 32.3 Å². The number of carbonyl (C=O) groups excluding carboxylic acids is 1. The Balaban J connectivity index is 2.61. The molecular formula is C11H22N2O. The third kappa shape index (κ3) is 2.47. The molecule has 0 saturated carbocycles. The van der Waals surface area contributed by atoms with Crippen LogP contribution in [0.5, 0.6) is 0 Å². The maximum absolute atomic E-state index is 11.8. The number of nitrogens with zero attached hydrogens (tertiary/aromatic N) is 1. The number of nitrogens with one attached hydrogen (secondary N) is 1. The largest absolute Gasteiger partial charge is 0.326 e. The van der Waals surface area contributed by atoms with Crippen LogP contribution in [0.4, 0.5) is 0 Å². The molecule has 0 spiro atoms. The van der Waals surface area contributed by atoms with Crippen LogP contribution in [-0.4, -0.2) is 29.6 Å². The van der Waals surface area contributed by atoms with Crippen molar-refractivity contribution in [2.45, 2.75) is 52.7 Å². The molecule has 3 nitrogen and oxygen atoms in total. The van der Waals surface area contributed by atoms with E-state index >= 15 is 0 Å². The SMILES string of the molecule is CCCC1NC(C)C(=O)N1CC(C)C. The summed E-state index contributed by atoms with van der Waals surface area (Å²) in [4.78, 5) is 13.8. The van der Waals surface area contributed by atoms with Crippen molar-refractivity contribution < 1.29 is 4.79 Å². The van der Waals surface area contributed by atoms with E-state index in [4.69, 9.17) is 0 Å². The van der Waals surface area contributed by atoms with E-state index in [-0.39, 0.29) is 18.1 Å². The van der Waals surface area contributed by atoms with Crippen molar-refractivity contribution >= 4 is 5.91 Å². The molecule has 14 heavy (non-hydrogen) atoms. The zero-order chi connectivity index (χ0) is 10.7. The third-order valence-corrected chi connectivity index (χ3v) is 2.60. The van der Waals surface area contributed by atoms with Gasteiger partial charge in [0.25, 0.3) is 0 Å². The Labute approximate surface area is 86.9 Å². The normalized spacial score (nSPS) is 27.8. The standard InChI is InChI=1S/C11H22N2O/c1-5-6-10-12-9(4)11(14)13(10)7-8(2)3/h8-10,12H,5-7H2,1-4H3. The number of rotatable bonds is 4. The summed E-state index contributed by atoms with van der Waals surface area (Å²) < 4.78 is 0. The minimum absolute atomic E-state index is 0.00491. The lowest BCUT2D eigenvalue weighted by molar-refractivity contribution is -0.130. The minimum Gasteiger partial charge on any atom is -0.326 e. The lowest BCUT2D eigenvalue weighted by Crippen LogP contribution is -2.39. The molecule has 2 atom stereocenters. The average Bonchev–Trinajstić information content (AvgIpc) is 2.33. The van der Waals surface area contributed by atoms with Crippen LogP contribution >= 0.6 is 0 Å². The van der Waals surface area contributed by atoms with Crippen LogP contribution in [0.1, 0.15) is 40.5 Å². The fraction of sp³-hybridized carbons (Fsp3) is 0.909. The molecule has 1 rings (SSSR count). The van der Waals surface area contributed by atoms with E-state index in [0.29, 0.717) is 5.92 Å². The van der Waals surface area contributed by atoms with Crippen LogP contribution in [0, 0.1) is 5.92 Å². The molecule has 0 aromatic rings. The molecule has 0 aromatic heterocycles. The molecule has 3 heteroatoms. The first-order chi connectivity index (χ1) is 6.56. The van der Waals surface area contributed by atoms with Gasteiger partial charge in [-0.3, -0.25) is 10.1 Å². The van der Waals surface area contributed by atoms with E-state index < -0.39 is 0 Å². The van der Waals surface area contributed by atoms with E-state index in [1.807, 2.05) is 11.8 Å². The quantitative estimate of drug-likeness (QED) is 0.744. The van der Waals surface area contributed by atoms with Crippen molar-refractivity contribution in [2.24, 2.45) is 5.92 Å². The van der Waals surface area contributed by atoms with Crippen molar-refractivity contribution in [1.82, 2.24) is 10.2 Å². The highest BCUT2D eigenvalue weighted by atomic mass is 16.2. The van der Waals surface area contributed by atoms with Gasteiger partial charge in [-0.05, 0) is 19.3 Å². The zero-order valence-electron chi connectivity index (χ0n) is 9.71. The summed E-state index contributed by atoms with van der Waals surface area (Å²) in [6.07, 6.45) is 2.44. The number of hydrogen-bond donors (Lipinski definition) is 1. The molecule has 1 aliphatic rings. The molecular weight excluding hydrogens is 176 g/mol. The molecule has 1 heterocycles. The highest BCUT2D eigenvalue weighted by Gasteiger charge is 2.35. The summed E-state index contributed by atoms with van der Waals surface area (Å²) in [5, 5.41) is 3.34. The van der Waals surface area contributed by atoms with Crippen LogP contribution in [0.25, 0.3) is 0 Å². The highest BCUT2D eigenvalue weighted by Crippen LogP contribution is 2.16. The number of carbonyl (C=O) groups is 1. The second-order valence-corrected chi connectivity index (χ2v) is 4.58. The molecule has 0 radical (unpaired) electrons. The monoisotopic (exact) mass is 198 g/mol. The van der Waals surface area contributed by atoms with Gasteiger partial charge in [-0.1, -0.05) is 27.2 Å². The molecule has 1 amide bonds. The predicted molar refractivity (Wildman–Crippen MR) is 57.8 cm³/mol.